The van der Waals surface area contributed by atoms with Gasteiger partial charge in [0.1, 0.15) is 5.82 Å². The van der Waals surface area contributed by atoms with Crippen LogP contribution in [0.2, 0.25) is 6.82 Å². The topological polar surface area (TPSA) is 60.9 Å². The molecule has 0 aliphatic heterocycles. The van der Waals surface area contributed by atoms with Crippen LogP contribution in [0, 0.1) is 19.7 Å². The lowest BCUT2D eigenvalue weighted by Gasteiger charge is -2.12. The van der Waals surface area contributed by atoms with Crippen molar-refractivity contribution in [1.82, 2.24) is 10.2 Å². The SMILES string of the molecule is CB(O)Nc1cc(-c2cc(C)[nH]n2)c(F)cc1C. The number of nitrogens with zero attached hydrogens (tertiary/aromatic N) is 1. The zero-order valence-corrected chi connectivity index (χ0v) is 10.6. The van der Waals surface area contributed by atoms with Gasteiger partial charge in [0.15, 0.2) is 0 Å². The molecule has 0 spiro atoms. The normalized spacial score (nSPS) is 10.5. The van der Waals surface area contributed by atoms with Gasteiger partial charge in [0.2, 0.25) is 0 Å². The first-order chi connectivity index (χ1) is 8.47. The number of aromatic nitrogens is 2. The van der Waals surface area contributed by atoms with E-state index in [9.17, 15) is 9.41 Å². The molecular weight excluding hydrogens is 232 g/mol. The van der Waals surface area contributed by atoms with E-state index in [-0.39, 0.29) is 5.82 Å². The number of hydrogen-bond acceptors (Lipinski definition) is 3. The van der Waals surface area contributed by atoms with Gasteiger partial charge in [0, 0.05) is 16.9 Å². The Morgan fingerprint density at radius 2 is 2.06 bits per heavy atom. The summed E-state index contributed by atoms with van der Waals surface area (Å²) in [7, 11) is -0.692. The fourth-order valence-corrected chi connectivity index (χ4v) is 1.81. The van der Waals surface area contributed by atoms with Crippen LogP contribution in [0.4, 0.5) is 10.1 Å². The van der Waals surface area contributed by atoms with Crippen molar-refractivity contribution in [3.63, 3.8) is 0 Å². The van der Waals surface area contributed by atoms with Gasteiger partial charge in [-0.25, -0.2) is 4.39 Å². The summed E-state index contributed by atoms with van der Waals surface area (Å²) in [6.45, 7) is 5.26. The van der Waals surface area contributed by atoms with Crippen molar-refractivity contribution >= 4 is 12.7 Å². The lowest BCUT2D eigenvalue weighted by Crippen LogP contribution is -2.20. The molecule has 0 bridgehead atoms. The first kappa shape index (κ1) is 12.6. The van der Waals surface area contributed by atoms with Crippen LogP contribution in [0.5, 0.6) is 0 Å². The Balaban J connectivity index is 2.47. The van der Waals surface area contributed by atoms with Crippen molar-refractivity contribution in [2.75, 3.05) is 5.23 Å². The second-order valence-electron chi connectivity index (χ2n) is 4.40. The Morgan fingerprint density at radius 3 is 2.61 bits per heavy atom. The smallest absolute Gasteiger partial charge is 0.406 e. The van der Waals surface area contributed by atoms with Gasteiger partial charge in [0.05, 0.1) is 5.69 Å². The number of hydrogen-bond donors (Lipinski definition) is 3. The van der Waals surface area contributed by atoms with Crippen LogP contribution in [0.1, 0.15) is 11.3 Å². The molecule has 0 saturated heterocycles. The maximum atomic E-state index is 13.9. The van der Waals surface area contributed by atoms with E-state index >= 15 is 0 Å². The van der Waals surface area contributed by atoms with Crippen molar-refractivity contribution in [2.45, 2.75) is 20.7 Å². The molecule has 0 fully saturated rings. The van der Waals surface area contributed by atoms with Crippen molar-refractivity contribution in [1.29, 1.82) is 0 Å². The van der Waals surface area contributed by atoms with E-state index in [2.05, 4.69) is 15.4 Å². The minimum absolute atomic E-state index is 0.324. The summed E-state index contributed by atoms with van der Waals surface area (Å²) in [5, 5.41) is 19.0. The van der Waals surface area contributed by atoms with E-state index in [0.717, 1.165) is 11.3 Å². The number of H-pyrrole nitrogens is 1. The highest BCUT2D eigenvalue weighted by atomic mass is 19.1. The third kappa shape index (κ3) is 2.54. The molecule has 94 valence electrons. The number of aryl methyl sites for hydroxylation is 2. The summed E-state index contributed by atoms with van der Waals surface area (Å²) in [5.74, 6) is -0.324. The van der Waals surface area contributed by atoms with Crippen LogP contribution >= 0.6 is 0 Å². The van der Waals surface area contributed by atoms with Gasteiger partial charge in [-0.3, -0.25) is 5.10 Å². The van der Waals surface area contributed by atoms with E-state index in [1.807, 2.05) is 6.92 Å². The summed E-state index contributed by atoms with van der Waals surface area (Å²) in [6, 6.07) is 4.87. The van der Waals surface area contributed by atoms with Crippen LogP contribution in [-0.4, -0.2) is 22.3 Å². The van der Waals surface area contributed by atoms with Gasteiger partial charge in [-0.15, -0.1) is 0 Å². The molecule has 3 N–H and O–H groups in total. The third-order valence-electron chi connectivity index (χ3n) is 2.66. The maximum Gasteiger partial charge on any atom is 0.406 e. The Kier molecular flexibility index (Phi) is 3.38. The molecule has 4 nitrogen and oxygen atoms in total. The second kappa shape index (κ2) is 4.82. The van der Waals surface area contributed by atoms with Crippen LogP contribution in [0.15, 0.2) is 18.2 Å². The van der Waals surface area contributed by atoms with Crippen LogP contribution < -0.4 is 5.23 Å². The van der Waals surface area contributed by atoms with Crippen molar-refractivity contribution in [3.05, 3.63) is 35.3 Å². The van der Waals surface area contributed by atoms with Crippen LogP contribution in [0.3, 0.4) is 0 Å². The molecule has 0 saturated carbocycles. The first-order valence-electron chi connectivity index (χ1n) is 5.74. The highest BCUT2D eigenvalue weighted by molar-refractivity contribution is 6.52. The van der Waals surface area contributed by atoms with Gasteiger partial charge in [-0.05, 0) is 44.4 Å². The van der Waals surface area contributed by atoms with Crippen molar-refractivity contribution < 1.29 is 9.41 Å². The van der Waals surface area contributed by atoms with E-state index in [1.54, 1.807) is 25.9 Å². The van der Waals surface area contributed by atoms with E-state index in [1.165, 1.54) is 6.07 Å². The minimum atomic E-state index is -0.692. The molecule has 1 aromatic heterocycles. The molecule has 1 heterocycles. The predicted molar refractivity (Wildman–Crippen MR) is 70.9 cm³/mol. The van der Waals surface area contributed by atoms with Gasteiger partial charge in [-0.1, -0.05) is 0 Å². The van der Waals surface area contributed by atoms with Gasteiger partial charge >= 0.3 is 7.05 Å². The van der Waals surface area contributed by atoms with Crippen LogP contribution in [0.25, 0.3) is 11.3 Å². The molecule has 6 heteroatoms. The average Bonchev–Trinajstić information content (AvgIpc) is 2.68. The number of benzene rings is 1. The Morgan fingerprint density at radius 1 is 1.33 bits per heavy atom. The van der Waals surface area contributed by atoms with Crippen molar-refractivity contribution in [2.24, 2.45) is 0 Å². The molecule has 18 heavy (non-hydrogen) atoms. The Hall–Kier alpha value is -1.82. The molecule has 0 aliphatic rings. The average molecular weight is 247 g/mol. The number of anilines is 1. The lowest BCUT2D eigenvalue weighted by atomic mass is 9.87. The van der Waals surface area contributed by atoms with E-state index in [0.29, 0.717) is 16.9 Å². The molecule has 0 atom stereocenters. The number of halogens is 1. The molecule has 0 aliphatic carbocycles. The fourth-order valence-electron chi connectivity index (χ4n) is 1.81. The highest BCUT2D eigenvalue weighted by Crippen LogP contribution is 2.27. The molecule has 2 aromatic rings. The maximum absolute atomic E-state index is 13.9. The zero-order chi connectivity index (χ0) is 13.3. The minimum Gasteiger partial charge on any atom is -0.433 e. The Bertz CT molecular complexity index is 568. The van der Waals surface area contributed by atoms with Gasteiger partial charge < -0.3 is 10.3 Å². The Labute approximate surface area is 105 Å². The monoisotopic (exact) mass is 247 g/mol. The summed E-state index contributed by atoms with van der Waals surface area (Å²) in [5.41, 5.74) is 3.27. The molecule has 0 amide bonds. The molecule has 0 radical (unpaired) electrons. The lowest BCUT2D eigenvalue weighted by molar-refractivity contribution is 0.586. The van der Waals surface area contributed by atoms with E-state index < -0.39 is 7.05 Å². The van der Waals surface area contributed by atoms with Gasteiger partial charge in [0.25, 0.3) is 0 Å². The summed E-state index contributed by atoms with van der Waals surface area (Å²) in [4.78, 5) is 0. The number of aromatic amines is 1. The van der Waals surface area contributed by atoms with Gasteiger partial charge in [-0.2, -0.15) is 5.10 Å². The molecule has 0 unspecified atom stereocenters. The van der Waals surface area contributed by atoms with Crippen molar-refractivity contribution in [3.8, 4) is 11.3 Å². The summed E-state index contributed by atoms with van der Waals surface area (Å²) >= 11 is 0. The van der Waals surface area contributed by atoms with E-state index in [4.69, 9.17) is 0 Å². The largest absolute Gasteiger partial charge is 0.433 e. The summed E-state index contributed by atoms with van der Waals surface area (Å²) < 4.78 is 13.9. The number of rotatable bonds is 3. The summed E-state index contributed by atoms with van der Waals surface area (Å²) in [6.07, 6.45) is 0. The fraction of sp³-hybridized carbons (Fsp3) is 0.250. The molecular formula is C12H15BFN3O. The molecule has 2 rings (SSSR count). The highest BCUT2D eigenvalue weighted by Gasteiger charge is 2.13. The molecule has 1 aromatic carbocycles. The quantitative estimate of drug-likeness (QED) is 0.729. The first-order valence-corrected chi connectivity index (χ1v) is 5.74. The second-order valence-corrected chi connectivity index (χ2v) is 4.40. The third-order valence-corrected chi connectivity index (χ3v) is 2.66. The van der Waals surface area contributed by atoms with Crippen LogP contribution in [-0.2, 0) is 0 Å². The standard InChI is InChI=1S/C12H15BFN3O/c1-7-4-10(14)9(6-11(7)15-13(3)18)12-5-8(2)16-17-12/h4-6,15,18H,1-3H3,(H,16,17). The predicted octanol–water partition coefficient (Wildman–Crippen LogP) is 2.35. The zero-order valence-electron chi connectivity index (χ0n) is 10.6. The number of nitrogens with one attached hydrogen (secondary N) is 2.